The Morgan fingerprint density at radius 1 is 0.926 bits per heavy atom. The predicted molar refractivity (Wildman–Crippen MR) is 98.6 cm³/mol. The number of piperazine rings is 2. The maximum absolute atomic E-state index is 13.0. The fourth-order valence-corrected chi connectivity index (χ4v) is 3.42. The fourth-order valence-electron chi connectivity index (χ4n) is 3.42. The summed E-state index contributed by atoms with van der Waals surface area (Å²) in [5.41, 5.74) is 0.958. The van der Waals surface area contributed by atoms with Gasteiger partial charge in [-0.25, -0.2) is 4.39 Å². The van der Waals surface area contributed by atoms with E-state index in [1.165, 1.54) is 12.1 Å². The van der Waals surface area contributed by atoms with E-state index in [0.717, 1.165) is 5.69 Å². The van der Waals surface area contributed by atoms with Crippen LogP contribution in [0.3, 0.4) is 0 Å². The highest BCUT2D eigenvalue weighted by molar-refractivity contribution is 5.86. The van der Waals surface area contributed by atoms with Crippen LogP contribution in [0.1, 0.15) is 19.3 Å². The number of nitrogens with one attached hydrogen (secondary N) is 1. The molecule has 2 heterocycles. The Kier molecular flexibility index (Phi) is 6.26. The molecule has 2 saturated heterocycles. The number of anilines is 1. The van der Waals surface area contributed by atoms with Crippen LogP contribution in [0.15, 0.2) is 24.3 Å². The summed E-state index contributed by atoms with van der Waals surface area (Å²) >= 11 is 0. The Labute approximate surface area is 158 Å². The van der Waals surface area contributed by atoms with Gasteiger partial charge in [-0.15, -0.1) is 0 Å². The normalized spacial score (nSPS) is 17.7. The van der Waals surface area contributed by atoms with Gasteiger partial charge >= 0.3 is 0 Å². The lowest BCUT2D eigenvalue weighted by Crippen LogP contribution is -2.50. The van der Waals surface area contributed by atoms with Crippen molar-refractivity contribution in [2.45, 2.75) is 19.3 Å². The zero-order valence-corrected chi connectivity index (χ0v) is 15.3. The summed E-state index contributed by atoms with van der Waals surface area (Å²) in [7, 11) is 0. The van der Waals surface area contributed by atoms with Crippen LogP contribution in [0.4, 0.5) is 10.1 Å². The summed E-state index contributed by atoms with van der Waals surface area (Å²) in [5, 5.41) is 2.69. The molecule has 0 unspecified atom stereocenters. The first kappa shape index (κ1) is 19.1. The second-order valence-corrected chi connectivity index (χ2v) is 6.86. The zero-order chi connectivity index (χ0) is 19.2. The van der Waals surface area contributed by atoms with E-state index in [4.69, 9.17) is 0 Å². The van der Waals surface area contributed by atoms with Gasteiger partial charge < -0.3 is 20.0 Å². The van der Waals surface area contributed by atoms with Crippen molar-refractivity contribution >= 4 is 23.4 Å². The lowest BCUT2D eigenvalue weighted by Gasteiger charge is -2.36. The van der Waals surface area contributed by atoms with Crippen molar-refractivity contribution in [1.29, 1.82) is 0 Å². The van der Waals surface area contributed by atoms with Crippen LogP contribution in [0.2, 0.25) is 0 Å². The van der Waals surface area contributed by atoms with Crippen LogP contribution >= 0.6 is 0 Å². The molecule has 146 valence electrons. The second kappa shape index (κ2) is 8.83. The third kappa shape index (κ3) is 5.18. The molecule has 1 aromatic carbocycles. The SMILES string of the molecule is O=C1CN(C(=O)CCCC(=O)N2CCN(c3ccc(F)cc3)CC2)CCN1. The minimum absolute atomic E-state index is 0.0537. The Morgan fingerprint density at radius 3 is 2.19 bits per heavy atom. The fraction of sp³-hybridized carbons (Fsp3) is 0.526. The first-order chi connectivity index (χ1) is 13.0. The first-order valence-corrected chi connectivity index (χ1v) is 9.36. The number of carbonyl (C=O) groups is 3. The molecule has 0 bridgehead atoms. The smallest absolute Gasteiger partial charge is 0.239 e. The van der Waals surface area contributed by atoms with Crippen LogP contribution in [0, 0.1) is 5.82 Å². The summed E-state index contributed by atoms with van der Waals surface area (Å²) in [6.45, 7) is 3.79. The molecule has 3 rings (SSSR count). The van der Waals surface area contributed by atoms with Crippen molar-refractivity contribution in [3.8, 4) is 0 Å². The Morgan fingerprint density at radius 2 is 1.56 bits per heavy atom. The lowest BCUT2D eigenvalue weighted by atomic mass is 10.1. The van der Waals surface area contributed by atoms with Crippen molar-refractivity contribution in [2.75, 3.05) is 50.7 Å². The van der Waals surface area contributed by atoms with Crippen LogP contribution in [-0.2, 0) is 14.4 Å². The van der Waals surface area contributed by atoms with E-state index < -0.39 is 0 Å². The number of amides is 3. The summed E-state index contributed by atoms with van der Waals surface area (Å²) in [6.07, 6.45) is 1.12. The first-order valence-electron chi connectivity index (χ1n) is 9.36. The molecule has 2 fully saturated rings. The van der Waals surface area contributed by atoms with E-state index in [1.54, 1.807) is 17.0 Å². The minimum Gasteiger partial charge on any atom is -0.368 e. The van der Waals surface area contributed by atoms with Crippen molar-refractivity contribution in [3.63, 3.8) is 0 Å². The minimum atomic E-state index is -0.257. The Bertz CT molecular complexity index is 687. The summed E-state index contributed by atoms with van der Waals surface area (Å²) in [6, 6.07) is 6.38. The number of carbonyl (C=O) groups excluding carboxylic acids is 3. The van der Waals surface area contributed by atoms with Crippen molar-refractivity contribution in [3.05, 3.63) is 30.1 Å². The van der Waals surface area contributed by atoms with E-state index in [2.05, 4.69) is 10.2 Å². The molecular formula is C19H25FN4O3. The highest BCUT2D eigenvalue weighted by Crippen LogP contribution is 2.17. The predicted octanol–water partition coefficient (Wildman–Crippen LogP) is 0.603. The largest absolute Gasteiger partial charge is 0.368 e. The standard InChI is InChI=1S/C19H25FN4O3/c20-15-4-6-16(7-5-15)22-10-12-23(13-11-22)18(26)2-1-3-19(27)24-9-8-21-17(25)14-24/h4-7H,1-3,8-14H2,(H,21,25). The highest BCUT2D eigenvalue weighted by atomic mass is 19.1. The number of rotatable bonds is 5. The second-order valence-electron chi connectivity index (χ2n) is 6.86. The topological polar surface area (TPSA) is 73.0 Å². The van der Waals surface area contributed by atoms with Gasteiger partial charge in [-0.2, -0.15) is 0 Å². The molecule has 2 aliphatic heterocycles. The summed E-state index contributed by atoms with van der Waals surface area (Å²) in [4.78, 5) is 41.3. The third-order valence-corrected chi connectivity index (χ3v) is 5.00. The number of benzene rings is 1. The van der Waals surface area contributed by atoms with E-state index in [-0.39, 0.29) is 36.5 Å². The van der Waals surface area contributed by atoms with Gasteiger partial charge in [0.2, 0.25) is 17.7 Å². The van der Waals surface area contributed by atoms with Gasteiger partial charge in [-0.1, -0.05) is 0 Å². The molecule has 3 amide bonds. The average Bonchev–Trinajstić information content (AvgIpc) is 2.68. The molecule has 0 spiro atoms. The number of nitrogens with zero attached hydrogens (tertiary/aromatic N) is 3. The summed E-state index contributed by atoms with van der Waals surface area (Å²) in [5.74, 6) is -0.409. The van der Waals surface area contributed by atoms with E-state index in [1.807, 2.05) is 4.90 Å². The van der Waals surface area contributed by atoms with Crippen molar-refractivity contribution in [1.82, 2.24) is 15.1 Å². The van der Waals surface area contributed by atoms with Crippen LogP contribution in [-0.4, -0.2) is 73.3 Å². The quantitative estimate of drug-likeness (QED) is 0.817. The molecule has 0 aliphatic carbocycles. The molecule has 0 atom stereocenters. The molecule has 1 N–H and O–H groups in total. The molecule has 8 heteroatoms. The molecule has 0 saturated carbocycles. The van der Waals surface area contributed by atoms with Crippen LogP contribution in [0.5, 0.6) is 0 Å². The number of hydrogen-bond donors (Lipinski definition) is 1. The molecule has 0 aromatic heterocycles. The van der Waals surface area contributed by atoms with E-state index >= 15 is 0 Å². The van der Waals surface area contributed by atoms with E-state index in [0.29, 0.717) is 52.1 Å². The lowest BCUT2D eigenvalue weighted by molar-refractivity contribution is -0.138. The third-order valence-electron chi connectivity index (χ3n) is 5.00. The maximum Gasteiger partial charge on any atom is 0.239 e. The Balaban J connectivity index is 1.37. The molecular weight excluding hydrogens is 351 g/mol. The summed E-state index contributed by atoms with van der Waals surface area (Å²) < 4.78 is 13.0. The van der Waals surface area contributed by atoms with Gasteiger partial charge in [0.25, 0.3) is 0 Å². The van der Waals surface area contributed by atoms with Gasteiger partial charge in [-0.05, 0) is 30.7 Å². The average molecular weight is 376 g/mol. The van der Waals surface area contributed by atoms with Gasteiger partial charge in [0.15, 0.2) is 0 Å². The van der Waals surface area contributed by atoms with Crippen LogP contribution < -0.4 is 10.2 Å². The van der Waals surface area contributed by atoms with Gasteiger partial charge in [0.05, 0.1) is 6.54 Å². The molecule has 7 nitrogen and oxygen atoms in total. The highest BCUT2D eigenvalue weighted by Gasteiger charge is 2.23. The van der Waals surface area contributed by atoms with Crippen LogP contribution in [0.25, 0.3) is 0 Å². The molecule has 2 aliphatic rings. The maximum atomic E-state index is 13.0. The van der Waals surface area contributed by atoms with E-state index in [9.17, 15) is 18.8 Å². The monoisotopic (exact) mass is 376 g/mol. The number of hydrogen-bond acceptors (Lipinski definition) is 4. The number of halogens is 1. The van der Waals surface area contributed by atoms with Gasteiger partial charge in [-0.3, -0.25) is 14.4 Å². The molecule has 1 aromatic rings. The molecule has 27 heavy (non-hydrogen) atoms. The molecule has 0 radical (unpaired) electrons. The van der Waals surface area contributed by atoms with Gasteiger partial charge in [0, 0.05) is 57.8 Å². The van der Waals surface area contributed by atoms with Crippen molar-refractivity contribution in [2.24, 2.45) is 0 Å². The van der Waals surface area contributed by atoms with Crippen molar-refractivity contribution < 1.29 is 18.8 Å². The Hall–Kier alpha value is -2.64. The van der Waals surface area contributed by atoms with Gasteiger partial charge in [0.1, 0.15) is 5.82 Å². The zero-order valence-electron chi connectivity index (χ0n) is 15.3.